The van der Waals surface area contributed by atoms with Gasteiger partial charge in [-0.3, -0.25) is 23.9 Å². The number of carbonyl (C=O) groups excluding carboxylic acids is 2. The van der Waals surface area contributed by atoms with Crippen molar-refractivity contribution in [2.75, 3.05) is 6.54 Å². The standard InChI is InChI=1S/C15H22N4O7/c1-9-7-18(13(24)17-12(9)23)8-10(20)19(16-6-5-11(21)22)14(25)26-15(2,3)4/h7,16H,5-6,8H2,1-4H3,(H,21,22)(H,17,23,24). The van der Waals surface area contributed by atoms with E-state index in [0.717, 1.165) is 4.57 Å². The molecule has 26 heavy (non-hydrogen) atoms. The van der Waals surface area contributed by atoms with Crippen LogP contribution < -0.4 is 16.7 Å². The van der Waals surface area contributed by atoms with E-state index in [1.54, 1.807) is 20.8 Å². The van der Waals surface area contributed by atoms with Crippen LogP contribution in [0, 0.1) is 6.92 Å². The second-order valence-electron chi connectivity index (χ2n) is 6.46. The Hall–Kier alpha value is -2.95. The summed E-state index contributed by atoms with van der Waals surface area (Å²) in [5.41, 5.74) is 0.298. The summed E-state index contributed by atoms with van der Waals surface area (Å²) in [7, 11) is 0. The third-order valence-electron chi connectivity index (χ3n) is 2.93. The summed E-state index contributed by atoms with van der Waals surface area (Å²) in [6.45, 7) is 5.48. The first-order valence-electron chi connectivity index (χ1n) is 7.72. The fourth-order valence-corrected chi connectivity index (χ4v) is 1.79. The topological polar surface area (TPSA) is 151 Å². The third-order valence-corrected chi connectivity index (χ3v) is 2.93. The summed E-state index contributed by atoms with van der Waals surface area (Å²) in [5.74, 6) is -1.99. The van der Waals surface area contributed by atoms with E-state index in [4.69, 9.17) is 9.84 Å². The molecule has 11 heteroatoms. The molecule has 2 amide bonds. The van der Waals surface area contributed by atoms with Crippen molar-refractivity contribution < 1.29 is 24.2 Å². The van der Waals surface area contributed by atoms with Crippen LogP contribution in [0.3, 0.4) is 0 Å². The van der Waals surface area contributed by atoms with E-state index >= 15 is 0 Å². The Kier molecular flexibility index (Phi) is 6.84. The van der Waals surface area contributed by atoms with Crippen molar-refractivity contribution in [3.63, 3.8) is 0 Å². The molecule has 1 heterocycles. The lowest BCUT2D eigenvalue weighted by molar-refractivity contribution is -0.139. The van der Waals surface area contributed by atoms with Crippen LogP contribution in [0.1, 0.15) is 32.8 Å². The Morgan fingerprint density at radius 1 is 1.31 bits per heavy atom. The summed E-state index contributed by atoms with van der Waals surface area (Å²) in [6, 6.07) is 0. The normalized spacial score (nSPS) is 11.1. The van der Waals surface area contributed by atoms with E-state index in [2.05, 4.69) is 5.43 Å². The highest BCUT2D eigenvalue weighted by molar-refractivity contribution is 5.91. The third kappa shape index (κ3) is 6.51. The van der Waals surface area contributed by atoms with Crippen LogP contribution in [0.25, 0.3) is 0 Å². The number of hydrazine groups is 1. The van der Waals surface area contributed by atoms with Crippen molar-refractivity contribution in [1.82, 2.24) is 20.0 Å². The number of aromatic amines is 1. The van der Waals surface area contributed by atoms with Crippen LogP contribution in [0.2, 0.25) is 0 Å². The average molecular weight is 370 g/mol. The van der Waals surface area contributed by atoms with Crippen LogP contribution >= 0.6 is 0 Å². The van der Waals surface area contributed by atoms with Crippen LogP contribution in [-0.4, -0.2) is 49.8 Å². The number of ether oxygens (including phenoxy) is 1. The van der Waals surface area contributed by atoms with Gasteiger partial charge in [0.25, 0.3) is 11.5 Å². The summed E-state index contributed by atoms with van der Waals surface area (Å²) in [6.07, 6.45) is -0.199. The molecule has 144 valence electrons. The highest BCUT2D eigenvalue weighted by Gasteiger charge is 2.27. The molecular formula is C15H22N4O7. The lowest BCUT2D eigenvalue weighted by Crippen LogP contribution is -2.51. The van der Waals surface area contributed by atoms with Gasteiger partial charge >= 0.3 is 17.8 Å². The molecule has 0 bridgehead atoms. The lowest BCUT2D eigenvalue weighted by atomic mass is 10.2. The van der Waals surface area contributed by atoms with Gasteiger partial charge < -0.3 is 9.84 Å². The van der Waals surface area contributed by atoms with Crippen LogP contribution in [0.4, 0.5) is 4.79 Å². The maximum Gasteiger partial charge on any atom is 0.432 e. The SMILES string of the molecule is Cc1cn(CC(=O)N(NCCC(=O)O)C(=O)OC(C)(C)C)c(=O)[nH]c1=O. The molecule has 1 aromatic rings. The van der Waals surface area contributed by atoms with E-state index < -0.39 is 41.4 Å². The minimum atomic E-state index is -1.12. The lowest BCUT2D eigenvalue weighted by Gasteiger charge is -2.26. The molecule has 3 N–H and O–H groups in total. The van der Waals surface area contributed by atoms with Gasteiger partial charge in [0.15, 0.2) is 0 Å². The number of nitrogens with zero attached hydrogens (tertiary/aromatic N) is 2. The van der Waals surface area contributed by atoms with Gasteiger partial charge in [-0.05, 0) is 27.7 Å². The van der Waals surface area contributed by atoms with E-state index in [1.165, 1.54) is 13.1 Å². The van der Waals surface area contributed by atoms with Gasteiger partial charge in [0.1, 0.15) is 12.1 Å². The first kappa shape index (κ1) is 21.1. The first-order valence-corrected chi connectivity index (χ1v) is 7.72. The average Bonchev–Trinajstić information content (AvgIpc) is 2.46. The van der Waals surface area contributed by atoms with Gasteiger partial charge in [-0.2, -0.15) is 5.01 Å². The Morgan fingerprint density at radius 2 is 1.92 bits per heavy atom. The molecule has 0 atom stereocenters. The van der Waals surface area contributed by atoms with Crippen molar-refractivity contribution >= 4 is 18.0 Å². The van der Waals surface area contributed by atoms with E-state index in [9.17, 15) is 24.0 Å². The van der Waals surface area contributed by atoms with Crippen molar-refractivity contribution in [2.45, 2.75) is 46.3 Å². The molecule has 1 rings (SSSR count). The van der Waals surface area contributed by atoms with Gasteiger partial charge in [0.05, 0.1) is 6.42 Å². The number of H-pyrrole nitrogens is 1. The summed E-state index contributed by atoms with van der Waals surface area (Å²) in [5, 5.41) is 9.19. The predicted octanol–water partition coefficient (Wildman–Crippen LogP) is -0.412. The number of amides is 2. The van der Waals surface area contributed by atoms with Gasteiger partial charge in [-0.1, -0.05) is 0 Å². The number of hydrogen-bond acceptors (Lipinski definition) is 7. The molecule has 0 spiro atoms. The summed E-state index contributed by atoms with van der Waals surface area (Å²) >= 11 is 0. The number of aromatic nitrogens is 2. The minimum absolute atomic E-state index is 0.208. The summed E-state index contributed by atoms with van der Waals surface area (Å²) in [4.78, 5) is 60.4. The zero-order chi connectivity index (χ0) is 20.1. The molecule has 0 aliphatic heterocycles. The molecule has 11 nitrogen and oxygen atoms in total. The van der Waals surface area contributed by atoms with Gasteiger partial charge in [0.2, 0.25) is 0 Å². The fraction of sp³-hybridized carbons (Fsp3) is 0.533. The van der Waals surface area contributed by atoms with Crippen molar-refractivity contribution in [2.24, 2.45) is 0 Å². The Morgan fingerprint density at radius 3 is 2.46 bits per heavy atom. The van der Waals surface area contributed by atoms with Crippen LogP contribution in [0.5, 0.6) is 0 Å². The zero-order valence-electron chi connectivity index (χ0n) is 15.0. The molecule has 0 aliphatic rings. The second kappa shape index (κ2) is 8.43. The van der Waals surface area contributed by atoms with Gasteiger partial charge in [0, 0.05) is 18.3 Å². The number of aliphatic carboxylic acids is 1. The first-order chi connectivity index (χ1) is 11.9. The van der Waals surface area contributed by atoms with Gasteiger partial charge in [-0.25, -0.2) is 15.0 Å². The number of carboxylic acid groups (broad SMARTS) is 1. The van der Waals surface area contributed by atoms with Gasteiger partial charge in [-0.15, -0.1) is 0 Å². The largest absolute Gasteiger partial charge is 0.481 e. The van der Waals surface area contributed by atoms with E-state index in [-0.39, 0.29) is 18.5 Å². The van der Waals surface area contributed by atoms with Crippen LogP contribution in [0.15, 0.2) is 15.8 Å². The zero-order valence-corrected chi connectivity index (χ0v) is 15.0. The Balaban J connectivity index is 3.00. The fourth-order valence-electron chi connectivity index (χ4n) is 1.79. The Bertz CT molecular complexity index is 803. The number of aryl methyl sites for hydroxylation is 1. The monoisotopic (exact) mass is 370 g/mol. The minimum Gasteiger partial charge on any atom is -0.481 e. The van der Waals surface area contributed by atoms with E-state index in [0.29, 0.717) is 5.01 Å². The molecule has 0 saturated carbocycles. The molecule has 1 aromatic heterocycles. The number of rotatable bonds is 6. The molecule has 0 fully saturated rings. The molecule has 0 aliphatic carbocycles. The molecule has 0 unspecified atom stereocenters. The van der Waals surface area contributed by atoms with Crippen molar-refractivity contribution in [3.05, 3.63) is 32.6 Å². The smallest absolute Gasteiger partial charge is 0.432 e. The van der Waals surface area contributed by atoms with Crippen molar-refractivity contribution in [1.29, 1.82) is 0 Å². The maximum absolute atomic E-state index is 12.4. The van der Waals surface area contributed by atoms with E-state index in [1.807, 2.05) is 4.98 Å². The predicted molar refractivity (Wildman–Crippen MR) is 89.4 cm³/mol. The van der Waals surface area contributed by atoms with Crippen molar-refractivity contribution in [3.8, 4) is 0 Å². The number of carbonyl (C=O) groups is 3. The molecule has 0 saturated heterocycles. The number of imide groups is 1. The van der Waals surface area contributed by atoms with Crippen LogP contribution in [-0.2, 0) is 20.9 Å². The number of carboxylic acids is 1. The Labute approximate surface area is 148 Å². The molecular weight excluding hydrogens is 348 g/mol. The highest BCUT2D eigenvalue weighted by atomic mass is 16.6. The molecule has 0 aromatic carbocycles. The second-order valence-corrected chi connectivity index (χ2v) is 6.46. The number of nitrogens with one attached hydrogen (secondary N) is 2. The quantitative estimate of drug-likeness (QED) is 0.572. The number of hydrogen-bond donors (Lipinski definition) is 3. The summed E-state index contributed by atoms with van der Waals surface area (Å²) < 4.78 is 6.03. The molecule has 0 radical (unpaired) electrons. The maximum atomic E-state index is 12.4. The highest BCUT2D eigenvalue weighted by Crippen LogP contribution is 2.09.